The molecule has 0 aromatic heterocycles. The summed E-state index contributed by atoms with van der Waals surface area (Å²) < 4.78 is 25.4. The fourth-order valence-corrected chi connectivity index (χ4v) is 13.8. The van der Waals surface area contributed by atoms with Gasteiger partial charge in [0, 0.05) is 26.4 Å². The summed E-state index contributed by atoms with van der Waals surface area (Å²) in [6, 6.07) is 0. The Morgan fingerprint density at radius 2 is 1.78 bits per heavy atom. The van der Waals surface area contributed by atoms with Crippen molar-refractivity contribution < 1.29 is 43.9 Å². The van der Waals surface area contributed by atoms with Crippen molar-refractivity contribution in [3.8, 4) is 0 Å². The standard InChI is InChI=1S/C39H64N2O9/c1-22-19-24(33(35(5,6)46)48-23(2)42)49-31-30(22)36(7)14-15-38-21-37(38)13-12-27(50-29-20-41(17-18-47-29)16-8-9-28(43)44)34(3,4)25(37)10-11-26(38)39(36,40)32(31)45/h22,24-27,29-33,45-46H,8-21,40H2,1-7H3,(H,43,44)/t22-,24+,25+,26?,27?,29+,30+,31?,32+,33+,36?,37?,38?,39+/m1/s1. The number of hydrogen-bond acceptors (Lipinski definition) is 10. The van der Waals surface area contributed by atoms with Gasteiger partial charge in [-0.3, -0.25) is 14.5 Å². The third kappa shape index (κ3) is 5.36. The Morgan fingerprint density at radius 1 is 1.08 bits per heavy atom. The summed E-state index contributed by atoms with van der Waals surface area (Å²) in [5, 5.41) is 32.5. The predicted molar refractivity (Wildman–Crippen MR) is 185 cm³/mol. The minimum atomic E-state index is -1.30. The Hall–Kier alpha value is -1.34. The van der Waals surface area contributed by atoms with Gasteiger partial charge in [-0.15, -0.1) is 0 Å². The number of carbonyl (C=O) groups excluding carboxylic acids is 1. The molecule has 2 spiro atoms. The van der Waals surface area contributed by atoms with Crippen LogP contribution in [-0.4, -0.2) is 106 Å². The zero-order valence-electron chi connectivity index (χ0n) is 31.5. The van der Waals surface area contributed by atoms with E-state index in [9.17, 15) is 19.8 Å². The van der Waals surface area contributed by atoms with Gasteiger partial charge in [-0.1, -0.05) is 27.7 Å². The molecule has 50 heavy (non-hydrogen) atoms. The minimum absolute atomic E-state index is 0.0554. The number of carbonyl (C=O) groups is 2. The topological polar surface area (TPSA) is 161 Å². The molecular weight excluding hydrogens is 640 g/mol. The van der Waals surface area contributed by atoms with E-state index in [0.29, 0.717) is 31.9 Å². The maximum atomic E-state index is 12.5. The molecule has 5 aliphatic carbocycles. The number of nitrogens with zero attached hydrogens (tertiary/aromatic N) is 1. The Balaban J connectivity index is 1.09. The van der Waals surface area contributed by atoms with Gasteiger partial charge in [0.05, 0.1) is 42.2 Å². The molecule has 0 amide bonds. The van der Waals surface area contributed by atoms with Crippen LogP contribution in [0, 0.1) is 45.3 Å². The van der Waals surface area contributed by atoms with E-state index in [0.717, 1.165) is 58.0 Å². The Morgan fingerprint density at radius 3 is 2.46 bits per heavy atom. The smallest absolute Gasteiger partial charge is 0.303 e. The summed E-state index contributed by atoms with van der Waals surface area (Å²) in [5.41, 5.74) is 5.60. The van der Waals surface area contributed by atoms with Crippen LogP contribution in [0.5, 0.6) is 0 Å². The number of esters is 1. The van der Waals surface area contributed by atoms with Crippen molar-refractivity contribution in [1.29, 1.82) is 0 Å². The average Bonchev–Trinajstić information content (AvgIpc) is 3.65. The second-order valence-corrected chi connectivity index (χ2v) is 19.1. The van der Waals surface area contributed by atoms with Gasteiger partial charge in [-0.2, -0.15) is 0 Å². The van der Waals surface area contributed by atoms with E-state index in [1.54, 1.807) is 13.8 Å². The number of rotatable bonds is 9. The van der Waals surface area contributed by atoms with Gasteiger partial charge < -0.3 is 40.0 Å². The maximum Gasteiger partial charge on any atom is 0.303 e. The zero-order chi connectivity index (χ0) is 36.2. The van der Waals surface area contributed by atoms with Crippen LogP contribution in [0.4, 0.5) is 0 Å². The van der Waals surface area contributed by atoms with Gasteiger partial charge >= 0.3 is 11.9 Å². The van der Waals surface area contributed by atoms with E-state index in [1.165, 1.54) is 6.92 Å². The lowest BCUT2D eigenvalue weighted by Crippen LogP contribution is -2.70. The average molecular weight is 705 g/mol. The first-order chi connectivity index (χ1) is 23.3. The molecule has 14 atom stereocenters. The summed E-state index contributed by atoms with van der Waals surface area (Å²) in [7, 11) is 0. The molecule has 2 heterocycles. The molecular formula is C39H64N2O9. The van der Waals surface area contributed by atoms with E-state index in [-0.39, 0.29) is 58.2 Å². The molecule has 0 aromatic rings. The van der Waals surface area contributed by atoms with Gasteiger partial charge in [-0.25, -0.2) is 0 Å². The van der Waals surface area contributed by atoms with E-state index in [1.807, 2.05) is 0 Å². The molecule has 7 rings (SSSR count). The van der Waals surface area contributed by atoms with Crippen LogP contribution in [0.1, 0.15) is 113 Å². The number of hydrogen-bond donors (Lipinski definition) is 4. The quantitative estimate of drug-likeness (QED) is 0.256. The number of ether oxygens (including phenoxy) is 4. The third-order valence-corrected chi connectivity index (χ3v) is 15.9. The molecule has 284 valence electrons. The molecule has 0 aromatic carbocycles. The summed E-state index contributed by atoms with van der Waals surface area (Å²) in [6.45, 7) is 16.8. The summed E-state index contributed by atoms with van der Waals surface area (Å²) in [4.78, 5) is 25.4. The first-order valence-electron chi connectivity index (χ1n) is 19.5. The highest BCUT2D eigenvalue weighted by Crippen LogP contribution is 2.87. The lowest BCUT2D eigenvalue weighted by molar-refractivity contribution is -0.246. The van der Waals surface area contributed by atoms with Gasteiger partial charge in [0.25, 0.3) is 0 Å². The van der Waals surface area contributed by atoms with Crippen molar-refractivity contribution in [3.05, 3.63) is 0 Å². The Bertz CT molecular complexity index is 1340. The highest BCUT2D eigenvalue weighted by atomic mass is 16.7. The summed E-state index contributed by atoms with van der Waals surface area (Å²) in [5.74, 6) is -0.293. The monoisotopic (exact) mass is 704 g/mol. The lowest BCUT2D eigenvalue weighted by atomic mass is 9.43. The first kappa shape index (κ1) is 37.0. The highest BCUT2D eigenvalue weighted by molar-refractivity contribution is 5.66. The molecule has 11 nitrogen and oxygen atoms in total. The minimum Gasteiger partial charge on any atom is -0.481 e. The number of carboxylic acid groups (broad SMARTS) is 1. The van der Waals surface area contributed by atoms with Crippen LogP contribution in [0.25, 0.3) is 0 Å². The van der Waals surface area contributed by atoms with Crippen LogP contribution in [0.3, 0.4) is 0 Å². The molecule has 5 N–H and O–H groups in total. The van der Waals surface area contributed by atoms with Crippen molar-refractivity contribution in [2.45, 2.75) is 161 Å². The number of morpholine rings is 1. The van der Waals surface area contributed by atoms with Crippen LogP contribution < -0.4 is 5.73 Å². The largest absolute Gasteiger partial charge is 0.481 e. The molecule has 0 radical (unpaired) electrons. The molecule has 2 saturated heterocycles. The second kappa shape index (κ2) is 12.4. The van der Waals surface area contributed by atoms with Crippen LogP contribution in [-0.2, 0) is 28.5 Å². The SMILES string of the molecule is CC(=O)O[C@@H]([C@@H]1C[C@@H](C)[C@H]2C(O1)[C@H](O)[C@@]1(N)C3CC[C@H]4C(C)(C)C(O[C@H]5CN(CCCC(=O)O)CCO5)CCC45CC35CCC21C)C(C)(C)O. The predicted octanol–water partition coefficient (Wildman–Crippen LogP) is 4.10. The summed E-state index contributed by atoms with van der Waals surface area (Å²) >= 11 is 0. The van der Waals surface area contributed by atoms with Gasteiger partial charge in [0.1, 0.15) is 0 Å². The zero-order valence-corrected chi connectivity index (χ0v) is 31.5. The lowest BCUT2D eigenvalue weighted by Gasteiger charge is -2.63. The molecule has 11 heteroatoms. The van der Waals surface area contributed by atoms with E-state index < -0.39 is 47.5 Å². The van der Waals surface area contributed by atoms with E-state index in [4.69, 9.17) is 29.8 Å². The number of aliphatic hydroxyl groups is 2. The number of aliphatic carboxylic acids is 1. The molecule has 7 aliphatic rings. The number of nitrogens with two attached hydrogens (primary N) is 1. The Kier molecular flexibility index (Phi) is 9.14. The third-order valence-electron chi connectivity index (χ3n) is 15.9. The van der Waals surface area contributed by atoms with Crippen molar-refractivity contribution in [2.75, 3.05) is 26.2 Å². The second-order valence-electron chi connectivity index (χ2n) is 19.1. The molecule has 7 fully saturated rings. The molecule has 0 bridgehead atoms. The number of fused-ring (bicyclic) bond motifs is 4. The molecule has 6 unspecified atom stereocenters. The van der Waals surface area contributed by atoms with Crippen LogP contribution in [0.2, 0.25) is 0 Å². The Labute approximate surface area is 298 Å². The normalized spacial score (nSPS) is 48.6. The maximum absolute atomic E-state index is 12.5. The van der Waals surface area contributed by atoms with Crippen LogP contribution >= 0.6 is 0 Å². The van der Waals surface area contributed by atoms with Gasteiger partial charge in [0.2, 0.25) is 0 Å². The number of carboxylic acids is 1. The molecule has 2 aliphatic heterocycles. The number of aliphatic hydroxyl groups excluding tert-OH is 1. The fraction of sp³-hybridized carbons (Fsp3) is 0.949. The summed E-state index contributed by atoms with van der Waals surface area (Å²) in [6.07, 6.45) is 5.81. The van der Waals surface area contributed by atoms with Gasteiger partial charge in [0.15, 0.2) is 12.4 Å². The highest BCUT2D eigenvalue weighted by Gasteiger charge is 2.85. The van der Waals surface area contributed by atoms with E-state index >= 15 is 0 Å². The van der Waals surface area contributed by atoms with Crippen molar-refractivity contribution in [3.63, 3.8) is 0 Å². The fourth-order valence-electron chi connectivity index (χ4n) is 13.8. The van der Waals surface area contributed by atoms with Crippen molar-refractivity contribution in [2.24, 2.45) is 51.1 Å². The van der Waals surface area contributed by atoms with E-state index in [2.05, 4.69) is 32.6 Å². The molecule has 5 saturated carbocycles. The van der Waals surface area contributed by atoms with Gasteiger partial charge in [-0.05, 0) is 124 Å². The van der Waals surface area contributed by atoms with Crippen molar-refractivity contribution >= 4 is 11.9 Å². The van der Waals surface area contributed by atoms with Crippen LogP contribution in [0.15, 0.2) is 0 Å². The van der Waals surface area contributed by atoms with Crippen molar-refractivity contribution in [1.82, 2.24) is 4.90 Å². The first-order valence-corrected chi connectivity index (χ1v) is 19.5.